The van der Waals surface area contributed by atoms with Gasteiger partial charge in [-0.2, -0.15) is 0 Å². The van der Waals surface area contributed by atoms with Crippen LogP contribution < -0.4 is 21.3 Å². The third kappa shape index (κ3) is 7.47. The number of hydrogen-bond acceptors (Lipinski definition) is 4. The van der Waals surface area contributed by atoms with Gasteiger partial charge in [-0.1, -0.05) is 6.42 Å². The van der Waals surface area contributed by atoms with Gasteiger partial charge in [0.05, 0.1) is 12.2 Å². The largest absolute Gasteiger partial charge is 0.376 e. The Morgan fingerprint density at radius 2 is 1.11 bits per heavy atom. The summed E-state index contributed by atoms with van der Waals surface area (Å²) in [5.74, 6) is 0.952. The van der Waals surface area contributed by atoms with Crippen molar-refractivity contribution < 1.29 is 19.1 Å². The molecule has 4 amide bonds. The van der Waals surface area contributed by atoms with Gasteiger partial charge in [-0.05, 0) is 56.8 Å². The third-order valence-electron chi connectivity index (χ3n) is 6.02. The van der Waals surface area contributed by atoms with Crippen molar-refractivity contribution in [3.8, 4) is 0 Å². The molecule has 8 heteroatoms. The van der Waals surface area contributed by atoms with E-state index in [0.717, 1.165) is 64.6 Å². The van der Waals surface area contributed by atoms with Gasteiger partial charge in [0.1, 0.15) is 0 Å². The van der Waals surface area contributed by atoms with Crippen molar-refractivity contribution in [3.63, 3.8) is 0 Å². The molecule has 0 aromatic carbocycles. The molecule has 3 fully saturated rings. The van der Waals surface area contributed by atoms with Gasteiger partial charge in [-0.25, -0.2) is 9.59 Å². The smallest absolute Gasteiger partial charge is 0.314 e. The number of carbonyl (C=O) groups excluding carboxylic acids is 2. The van der Waals surface area contributed by atoms with E-state index < -0.39 is 0 Å². The van der Waals surface area contributed by atoms with Crippen molar-refractivity contribution >= 4 is 12.1 Å². The van der Waals surface area contributed by atoms with Crippen LogP contribution in [0.4, 0.5) is 9.59 Å². The Morgan fingerprint density at radius 3 is 1.54 bits per heavy atom. The van der Waals surface area contributed by atoms with E-state index in [4.69, 9.17) is 9.47 Å². The second-order valence-electron chi connectivity index (χ2n) is 8.35. The molecular formula is C20H36N4O4. The number of amides is 4. The fourth-order valence-corrected chi connectivity index (χ4v) is 4.40. The average Bonchev–Trinajstić information content (AvgIpc) is 3.42. The first-order valence-electron chi connectivity index (χ1n) is 11.0. The minimum absolute atomic E-state index is 0.107. The molecule has 1 saturated carbocycles. The van der Waals surface area contributed by atoms with Gasteiger partial charge in [-0.15, -0.1) is 0 Å². The molecule has 4 unspecified atom stereocenters. The molecule has 28 heavy (non-hydrogen) atoms. The minimum atomic E-state index is -0.107. The fourth-order valence-electron chi connectivity index (χ4n) is 4.40. The maximum Gasteiger partial charge on any atom is 0.314 e. The number of rotatable bonds is 8. The first-order chi connectivity index (χ1) is 13.7. The van der Waals surface area contributed by atoms with E-state index >= 15 is 0 Å². The fraction of sp³-hybridized carbons (Fsp3) is 0.900. The van der Waals surface area contributed by atoms with Crippen LogP contribution in [0.2, 0.25) is 0 Å². The second-order valence-corrected chi connectivity index (χ2v) is 8.35. The van der Waals surface area contributed by atoms with Crippen molar-refractivity contribution in [2.75, 3.05) is 39.4 Å². The van der Waals surface area contributed by atoms with E-state index in [1.807, 2.05) is 0 Å². The summed E-state index contributed by atoms with van der Waals surface area (Å²) in [5.41, 5.74) is 0. The molecule has 0 aromatic rings. The Balaban J connectivity index is 1.24. The quantitative estimate of drug-likeness (QED) is 0.502. The summed E-state index contributed by atoms with van der Waals surface area (Å²) in [6.07, 6.45) is 9.00. The van der Waals surface area contributed by atoms with Gasteiger partial charge in [0, 0.05) is 39.4 Å². The normalized spacial score (nSPS) is 30.0. The maximum absolute atomic E-state index is 12.0. The van der Waals surface area contributed by atoms with E-state index in [0.29, 0.717) is 38.0 Å². The molecule has 4 atom stereocenters. The molecule has 4 N–H and O–H groups in total. The summed E-state index contributed by atoms with van der Waals surface area (Å²) in [5, 5.41) is 11.8. The lowest BCUT2D eigenvalue weighted by Crippen LogP contribution is -2.43. The molecule has 0 aromatic heterocycles. The standard InChI is InChI=1S/C20H36N4O4/c25-19(23-13-17-6-2-8-27-17)21-11-15-4-1-5-16(10-15)12-22-20(26)24-14-18-7-3-9-28-18/h15-18H,1-14H2,(H2,21,23,25)(H2,22,24,26). The molecular weight excluding hydrogens is 360 g/mol. The lowest BCUT2D eigenvalue weighted by Gasteiger charge is -2.29. The average molecular weight is 397 g/mol. The van der Waals surface area contributed by atoms with Crippen LogP contribution >= 0.6 is 0 Å². The zero-order valence-electron chi connectivity index (χ0n) is 16.8. The molecule has 2 heterocycles. The van der Waals surface area contributed by atoms with Crippen LogP contribution in [0.15, 0.2) is 0 Å². The highest BCUT2D eigenvalue weighted by Crippen LogP contribution is 2.28. The van der Waals surface area contributed by atoms with Gasteiger partial charge < -0.3 is 30.7 Å². The van der Waals surface area contributed by atoms with Gasteiger partial charge >= 0.3 is 12.1 Å². The monoisotopic (exact) mass is 396 g/mol. The van der Waals surface area contributed by atoms with Gasteiger partial charge in [-0.3, -0.25) is 0 Å². The van der Waals surface area contributed by atoms with E-state index in [-0.39, 0.29) is 24.3 Å². The number of carbonyl (C=O) groups is 2. The lowest BCUT2D eigenvalue weighted by molar-refractivity contribution is 0.111. The first-order valence-corrected chi connectivity index (χ1v) is 11.0. The molecule has 8 nitrogen and oxygen atoms in total. The summed E-state index contributed by atoms with van der Waals surface area (Å²) in [4.78, 5) is 23.9. The summed E-state index contributed by atoms with van der Waals surface area (Å²) in [6.45, 7) is 4.17. The van der Waals surface area contributed by atoms with Crippen LogP contribution in [-0.2, 0) is 9.47 Å². The number of urea groups is 2. The van der Waals surface area contributed by atoms with Gasteiger partial charge in [0.2, 0.25) is 0 Å². The number of ether oxygens (including phenoxy) is 2. The predicted molar refractivity (Wildman–Crippen MR) is 106 cm³/mol. The third-order valence-corrected chi connectivity index (χ3v) is 6.02. The van der Waals surface area contributed by atoms with Gasteiger partial charge in [0.25, 0.3) is 0 Å². The predicted octanol–water partition coefficient (Wildman–Crippen LogP) is 1.75. The Bertz CT molecular complexity index is 451. The molecule has 2 aliphatic heterocycles. The molecule has 0 bridgehead atoms. The maximum atomic E-state index is 12.0. The van der Waals surface area contributed by atoms with Crippen LogP contribution in [0.25, 0.3) is 0 Å². The molecule has 160 valence electrons. The molecule has 3 rings (SSSR count). The molecule has 3 aliphatic rings. The second kappa shape index (κ2) is 11.5. The lowest BCUT2D eigenvalue weighted by atomic mass is 9.81. The van der Waals surface area contributed by atoms with Crippen LogP contribution in [0.1, 0.15) is 51.4 Å². The van der Waals surface area contributed by atoms with E-state index in [9.17, 15) is 9.59 Å². The summed E-state index contributed by atoms with van der Waals surface area (Å²) >= 11 is 0. The highest BCUT2D eigenvalue weighted by molar-refractivity contribution is 5.74. The highest BCUT2D eigenvalue weighted by atomic mass is 16.5. The van der Waals surface area contributed by atoms with Crippen LogP contribution in [0.5, 0.6) is 0 Å². The van der Waals surface area contributed by atoms with Gasteiger partial charge in [0.15, 0.2) is 0 Å². The molecule has 0 spiro atoms. The molecule has 0 radical (unpaired) electrons. The first kappa shape index (κ1) is 21.2. The summed E-state index contributed by atoms with van der Waals surface area (Å²) in [6, 6.07) is -0.214. The van der Waals surface area contributed by atoms with Crippen molar-refractivity contribution in [2.24, 2.45) is 11.8 Å². The Kier molecular flexibility index (Phi) is 8.67. The van der Waals surface area contributed by atoms with Crippen LogP contribution in [0.3, 0.4) is 0 Å². The summed E-state index contributed by atoms with van der Waals surface area (Å²) < 4.78 is 11.0. The van der Waals surface area contributed by atoms with Crippen LogP contribution in [0, 0.1) is 11.8 Å². The topological polar surface area (TPSA) is 101 Å². The Labute approximate surface area is 167 Å². The Hall–Kier alpha value is -1.54. The van der Waals surface area contributed by atoms with Crippen molar-refractivity contribution in [1.29, 1.82) is 0 Å². The Morgan fingerprint density at radius 1 is 0.643 bits per heavy atom. The highest BCUT2D eigenvalue weighted by Gasteiger charge is 2.23. The molecule has 1 aliphatic carbocycles. The molecule has 2 saturated heterocycles. The number of nitrogens with one attached hydrogen (secondary N) is 4. The van der Waals surface area contributed by atoms with Crippen molar-refractivity contribution in [1.82, 2.24) is 21.3 Å². The van der Waals surface area contributed by atoms with E-state index in [2.05, 4.69) is 21.3 Å². The van der Waals surface area contributed by atoms with E-state index in [1.165, 1.54) is 0 Å². The minimum Gasteiger partial charge on any atom is -0.376 e. The van der Waals surface area contributed by atoms with Crippen molar-refractivity contribution in [2.45, 2.75) is 63.6 Å². The van der Waals surface area contributed by atoms with Crippen molar-refractivity contribution in [3.05, 3.63) is 0 Å². The zero-order valence-corrected chi connectivity index (χ0v) is 16.8. The SMILES string of the molecule is O=C(NCC1CCCC(CNC(=O)NCC2CCCO2)C1)NCC1CCCO1. The number of hydrogen-bond donors (Lipinski definition) is 4. The van der Waals surface area contributed by atoms with E-state index in [1.54, 1.807) is 0 Å². The zero-order chi connectivity index (χ0) is 19.6. The van der Waals surface area contributed by atoms with Crippen LogP contribution in [-0.4, -0.2) is 63.7 Å². The summed E-state index contributed by atoms with van der Waals surface area (Å²) in [7, 11) is 0.